The van der Waals surface area contributed by atoms with Crippen LogP contribution in [0.2, 0.25) is 0 Å². The quantitative estimate of drug-likeness (QED) is 0.608. The molecular weight excluding hydrogens is 152 g/mol. The zero-order valence-corrected chi connectivity index (χ0v) is 6.64. The first-order chi connectivity index (χ1) is 5.86. The van der Waals surface area contributed by atoms with Gasteiger partial charge in [0.1, 0.15) is 0 Å². The van der Waals surface area contributed by atoms with Crippen molar-refractivity contribution in [3.63, 3.8) is 0 Å². The second kappa shape index (κ2) is 2.81. The maximum absolute atomic E-state index is 5.47. The number of nitrogen functional groups attached to an aromatic ring is 1. The molecule has 0 radical (unpaired) electrons. The molecule has 2 rings (SSSR count). The van der Waals surface area contributed by atoms with E-state index in [4.69, 9.17) is 5.73 Å². The molecule has 2 N–H and O–H groups in total. The molecule has 0 saturated carbocycles. The van der Waals surface area contributed by atoms with Crippen LogP contribution in [0.1, 0.15) is 0 Å². The van der Waals surface area contributed by atoms with Crippen LogP contribution in [0.15, 0.2) is 24.5 Å². The molecule has 0 amide bonds. The van der Waals surface area contributed by atoms with Crippen molar-refractivity contribution < 1.29 is 0 Å². The molecule has 0 atom stereocenters. The van der Waals surface area contributed by atoms with E-state index in [9.17, 15) is 0 Å². The van der Waals surface area contributed by atoms with Crippen molar-refractivity contribution >= 4 is 11.6 Å². The van der Waals surface area contributed by atoms with Gasteiger partial charge in [-0.05, 0) is 0 Å². The van der Waals surface area contributed by atoms with E-state index in [0.29, 0.717) is 5.69 Å². The van der Waals surface area contributed by atoms with Gasteiger partial charge in [0.2, 0.25) is 5.95 Å². The molecule has 2 heterocycles. The van der Waals surface area contributed by atoms with Gasteiger partial charge in [0.25, 0.3) is 0 Å². The molecule has 0 unspecified atom stereocenters. The highest BCUT2D eigenvalue weighted by Gasteiger charge is 2.08. The Morgan fingerprint density at radius 1 is 1.17 bits per heavy atom. The van der Waals surface area contributed by atoms with Gasteiger partial charge in [-0.25, -0.2) is 9.97 Å². The molecule has 0 aromatic carbocycles. The fourth-order valence-corrected chi connectivity index (χ4v) is 1.14. The van der Waals surface area contributed by atoms with Crippen LogP contribution in [-0.4, -0.2) is 23.1 Å². The topological polar surface area (TPSA) is 55.0 Å². The Morgan fingerprint density at radius 3 is 2.33 bits per heavy atom. The lowest BCUT2D eigenvalue weighted by Gasteiger charge is -2.13. The summed E-state index contributed by atoms with van der Waals surface area (Å²) in [6.45, 7) is 1.79. The normalized spacial score (nSPS) is 15.5. The summed E-state index contributed by atoms with van der Waals surface area (Å²) >= 11 is 0. The van der Waals surface area contributed by atoms with Crippen molar-refractivity contribution in [1.29, 1.82) is 0 Å². The summed E-state index contributed by atoms with van der Waals surface area (Å²) in [4.78, 5) is 10.3. The predicted octanol–water partition coefficient (Wildman–Crippen LogP) is 0.435. The van der Waals surface area contributed by atoms with E-state index in [0.717, 1.165) is 19.0 Å². The average molecular weight is 162 g/mol. The summed E-state index contributed by atoms with van der Waals surface area (Å²) < 4.78 is 0. The second-order valence-corrected chi connectivity index (χ2v) is 2.69. The van der Waals surface area contributed by atoms with E-state index in [1.807, 2.05) is 0 Å². The summed E-state index contributed by atoms with van der Waals surface area (Å²) in [5, 5.41) is 0. The van der Waals surface area contributed by atoms with Crippen molar-refractivity contribution in [2.24, 2.45) is 0 Å². The van der Waals surface area contributed by atoms with E-state index in [-0.39, 0.29) is 0 Å². The van der Waals surface area contributed by atoms with Gasteiger partial charge in [-0.3, -0.25) is 0 Å². The number of hydrogen-bond acceptors (Lipinski definition) is 4. The van der Waals surface area contributed by atoms with Crippen molar-refractivity contribution in [3.05, 3.63) is 24.5 Å². The number of hydrogen-bond donors (Lipinski definition) is 1. The van der Waals surface area contributed by atoms with Gasteiger partial charge in [0, 0.05) is 13.1 Å². The molecule has 0 fully saturated rings. The fourth-order valence-electron chi connectivity index (χ4n) is 1.14. The van der Waals surface area contributed by atoms with E-state index in [2.05, 4.69) is 27.0 Å². The summed E-state index contributed by atoms with van der Waals surface area (Å²) in [5.74, 6) is 0.745. The summed E-state index contributed by atoms with van der Waals surface area (Å²) in [6.07, 6.45) is 7.45. The molecule has 4 heteroatoms. The number of rotatable bonds is 1. The lowest BCUT2D eigenvalue weighted by molar-refractivity contribution is 0.925. The fraction of sp³-hybridized carbons (Fsp3) is 0.250. The summed E-state index contributed by atoms with van der Waals surface area (Å²) in [6, 6.07) is 0. The maximum Gasteiger partial charge on any atom is 0.225 e. The second-order valence-electron chi connectivity index (χ2n) is 2.69. The minimum Gasteiger partial charge on any atom is -0.396 e. The SMILES string of the molecule is Nc1cnc(N2CC=CC2)nc1. The standard InChI is InChI=1S/C8H10N4/c9-7-5-10-8(11-6-7)12-3-1-2-4-12/h1-2,5-6H,3-4,9H2. The third kappa shape index (κ3) is 1.23. The van der Waals surface area contributed by atoms with Crippen LogP contribution in [0.5, 0.6) is 0 Å². The van der Waals surface area contributed by atoms with Gasteiger partial charge >= 0.3 is 0 Å². The molecule has 62 valence electrons. The van der Waals surface area contributed by atoms with Crippen LogP contribution in [0.25, 0.3) is 0 Å². The Labute approximate surface area is 70.7 Å². The van der Waals surface area contributed by atoms with Gasteiger partial charge in [-0.15, -0.1) is 0 Å². The zero-order chi connectivity index (χ0) is 8.39. The average Bonchev–Trinajstić information content (AvgIpc) is 2.58. The molecule has 1 aliphatic rings. The Kier molecular flexibility index (Phi) is 1.66. The molecule has 4 nitrogen and oxygen atoms in total. The Balaban J connectivity index is 2.18. The van der Waals surface area contributed by atoms with Crippen molar-refractivity contribution in [3.8, 4) is 0 Å². The van der Waals surface area contributed by atoms with E-state index >= 15 is 0 Å². The molecular formula is C8H10N4. The largest absolute Gasteiger partial charge is 0.396 e. The molecule has 0 saturated heterocycles. The number of nitrogens with zero attached hydrogens (tertiary/aromatic N) is 3. The lowest BCUT2D eigenvalue weighted by Crippen LogP contribution is -2.20. The molecule has 1 aliphatic heterocycles. The van der Waals surface area contributed by atoms with Crippen molar-refractivity contribution in [2.75, 3.05) is 23.7 Å². The molecule has 0 spiro atoms. The van der Waals surface area contributed by atoms with Gasteiger partial charge < -0.3 is 10.6 Å². The smallest absolute Gasteiger partial charge is 0.225 e. The molecule has 12 heavy (non-hydrogen) atoms. The van der Waals surface area contributed by atoms with E-state index in [1.54, 1.807) is 12.4 Å². The Bertz CT molecular complexity index is 282. The van der Waals surface area contributed by atoms with E-state index in [1.165, 1.54) is 0 Å². The molecule has 1 aromatic rings. The monoisotopic (exact) mass is 162 g/mol. The third-order valence-electron chi connectivity index (χ3n) is 1.76. The predicted molar refractivity (Wildman–Crippen MR) is 47.8 cm³/mol. The first-order valence-corrected chi connectivity index (χ1v) is 3.84. The maximum atomic E-state index is 5.47. The van der Waals surface area contributed by atoms with Crippen LogP contribution in [-0.2, 0) is 0 Å². The van der Waals surface area contributed by atoms with Gasteiger partial charge in [-0.2, -0.15) is 0 Å². The van der Waals surface area contributed by atoms with Crippen LogP contribution in [0.4, 0.5) is 11.6 Å². The number of nitrogens with two attached hydrogens (primary N) is 1. The van der Waals surface area contributed by atoms with Crippen LogP contribution in [0, 0.1) is 0 Å². The Hall–Kier alpha value is -1.58. The number of anilines is 2. The minimum atomic E-state index is 0.603. The van der Waals surface area contributed by atoms with E-state index < -0.39 is 0 Å². The highest BCUT2D eigenvalue weighted by atomic mass is 15.2. The van der Waals surface area contributed by atoms with Crippen LogP contribution < -0.4 is 10.6 Å². The summed E-state index contributed by atoms with van der Waals surface area (Å²) in [7, 11) is 0. The zero-order valence-electron chi connectivity index (χ0n) is 6.64. The highest BCUT2D eigenvalue weighted by molar-refractivity contribution is 5.40. The first-order valence-electron chi connectivity index (χ1n) is 3.84. The molecule has 0 bridgehead atoms. The Morgan fingerprint density at radius 2 is 1.75 bits per heavy atom. The minimum absolute atomic E-state index is 0.603. The van der Waals surface area contributed by atoms with Crippen molar-refractivity contribution in [2.45, 2.75) is 0 Å². The van der Waals surface area contributed by atoms with Crippen molar-refractivity contribution in [1.82, 2.24) is 9.97 Å². The lowest BCUT2D eigenvalue weighted by atomic mass is 10.5. The highest BCUT2D eigenvalue weighted by Crippen LogP contribution is 2.10. The van der Waals surface area contributed by atoms with Gasteiger partial charge in [0.05, 0.1) is 18.1 Å². The number of aromatic nitrogens is 2. The first kappa shape index (κ1) is 7.09. The van der Waals surface area contributed by atoms with Gasteiger partial charge in [0.15, 0.2) is 0 Å². The molecule has 1 aromatic heterocycles. The summed E-state index contributed by atoms with van der Waals surface area (Å²) in [5.41, 5.74) is 6.07. The third-order valence-corrected chi connectivity index (χ3v) is 1.76. The molecule has 0 aliphatic carbocycles. The van der Waals surface area contributed by atoms with Crippen LogP contribution >= 0.6 is 0 Å². The van der Waals surface area contributed by atoms with Crippen LogP contribution in [0.3, 0.4) is 0 Å². The van der Waals surface area contributed by atoms with Gasteiger partial charge in [-0.1, -0.05) is 12.2 Å².